The lowest BCUT2D eigenvalue weighted by Crippen LogP contribution is -2.44. The van der Waals surface area contributed by atoms with E-state index in [0.29, 0.717) is 18.7 Å². The van der Waals surface area contributed by atoms with Gasteiger partial charge in [-0.3, -0.25) is 14.5 Å². The van der Waals surface area contributed by atoms with Crippen LogP contribution in [0.25, 0.3) is 0 Å². The predicted octanol–water partition coefficient (Wildman–Crippen LogP) is 2.71. The van der Waals surface area contributed by atoms with Crippen LogP contribution in [0.2, 0.25) is 0 Å². The van der Waals surface area contributed by atoms with Gasteiger partial charge >= 0.3 is 5.97 Å². The summed E-state index contributed by atoms with van der Waals surface area (Å²) in [6, 6.07) is 5.97. The lowest BCUT2D eigenvalue weighted by Gasteiger charge is -2.30. The molecule has 1 aliphatic heterocycles. The van der Waals surface area contributed by atoms with Gasteiger partial charge in [-0.15, -0.1) is 0 Å². The Balaban J connectivity index is 2.10. The first-order chi connectivity index (χ1) is 12.0. The number of rotatable bonds is 8. The van der Waals surface area contributed by atoms with E-state index in [1.165, 1.54) is 18.2 Å². The van der Waals surface area contributed by atoms with Crippen molar-refractivity contribution in [3.8, 4) is 0 Å². The first-order valence-corrected chi connectivity index (χ1v) is 8.99. The number of benzene rings is 1. The predicted molar refractivity (Wildman–Crippen MR) is 93.8 cm³/mol. The molecule has 1 aliphatic rings. The maximum atomic E-state index is 13.5. The molecule has 0 spiro atoms. The van der Waals surface area contributed by atoms with E-state index in [9.17, 15) is 14.0 Å². The Hall–Kier alpha value is -1.95. The summed E-state index contributed by atoms with van der Waals surface area (Å²) in [4.78, 5) is 28.5. The van der Waals surface area contributed by atoms with Gasteiger partial charge in [-0.1, -0.05) is 13.0 Å². The molecule has 1 atom stereocenters. The number of esters is 1. The van der Waals surface area contributed by atoms with Crippen LogP contribution in [0, 0.1) is 5.82 Å². The molecule has 0 bridgehead atoms. The molecule has 1 heterocycles. The first kappa shape index (κ1) is 19.4. The second-order valence-electron chi connectivity index (χ2n) is 6.24. The normalized spacial score (nSPS) is 17.5. The Bertz CT molecular complexity index is 594. The van der Waals surface area contributed by atoms with Crippen LogP contribution in [0.5, 0.6) is 0 Å². The highest BCUT2D eigenvalue weighted by Gasteiger charge is 2.28. The molecule has 1 amide bonds. The number of carbonyl (C=O) groups is 2. The molecule has 2 rings (SSSR count). The molecule has 1 saturated heterocycles. The standard InChI is InChI=1S/C19H27FN2O3/c1-3-21-11-6-9-17(21)14-22(12-10-18(23)25-4-2)19(24)15-7-5-8-16(20)13-15/h5,7-8,13,17H,3-4,6,9-12,14H2,1-2H3. The number of nitrogens with zero attached hydrogens (tertiary/aromatic N) is 2. The molecule has 1 aromatic carbocycles. The zero-order valence-electron chi connectivity index (χ0n) is 15.0. The molecular formula is C19H27FN2O3. The van der Waals surface area contributed by atoms with Gasteiger partial charge in [-0.05, 0) is 51.1 Å². The number of ether oxygens (including phenoxy) is 1. The van der Waals surface area contributed by atoms with E-state index in [1.54, 1.807) is 17.9 Å². The molecule has 25 heavy (non-hydrogen) atoms. The van der Waals surface area contributed by atoms with Crippen molar-refractivity contribution in [2.75, 3.05) is 32.8 Å². The molecule has 5 nitrogen and oxygen atoms in total. The minimum atomic E-state index is -0.438. The van der Waals surface area contributed by atoms with Crippen LogP contribution in [-0.2, 0) is 9.53 Å². The smallest absolute Gasteiger partial charge is 0.307 e. The topological polar surface area (TPSA) is 49.9 Å². The molecule has 1 aromatic rings. The van der Waals surface area contributed by atoms with Gasteiger partial charge in [0.15, 0.2) is 0 Å². The van der Waals surface area contributed by atoms with Gasteiger partial charge in [0.05, 0.1) is 13.0 Å². The van der Waals surface area contributed by atoms with Crippen LogP contribution in [0.15, 0.2) is 24.3 Å². The highest BCUT2D eigenvalue weighted by Crippen LogP contribution is 2.19. The fourth-order valence-electron chi connectivity index (χ4n) is 3.31. The van der Waals surface area contributed by atoms with Gasteiger partial charge < -0.3 is 9.64 Å². The van der Waals surface area contributed by atoms with E-state index < -0.39 is 5.82 Å². The van der Waals surface area contributed by atoms with Crippen molar-refractivity contribution in [3.05, 3.63) is 35.6 Å². The Morgan fingerprint density at radius 1 is 1.36 bits per heavy atom. The Morgan fingerprint density at radius 3 is 2.84 bits per heavy atom. The molecule has 0 aromatic heterocycles. The van der Waals surface area contributed by atoms with Crippen molar-refractivity contribution in [1.82, 2.24) is 9.80 Å². The number of likely N-dealkylation sites (N-methyl/N-ethyl adjacent to an activating group) is 1. The van der Waals surface area contributed by atoms with E-state index >= 15 is 0 Å². The number of hydrogen-bond acceptors (Lipinski definition) is 4. The lowest BCUT2D eigenvalue weighted by atomic mass is 10.1. The fourth-order valence-corrected chi connectivity index (χ4v) is 3.31. The average Bonchev–Trinajstić information content (AvgIpc) is 3.05. The summed E-state index contributed by atoms with van der Waals surface area (Å²) < 4.78 is 18.4. The van der Waals surface area contributed by atoms with Crippen molar-refractivity contribution < 1.29 is 18.7 Å². The number of halogens is 1. The van der Waals surface area contributed by atoms with Crippen molar-refractivity contribution in [3.63, 3.8) is 0 Å². The summed E-state index contributed by atoms with van der Waals surface area (Å²) in [6.45, 7) is 6.97. The monoisotopic (exact) mass is 350 g/mol. The van der Waals surface area contributed by atoms with Gasteiger partial charge in [-0.25, -0.2) is 4.39 Å². The van der Waals surface area contributed by atoms with E-state index in [4.69, 9.17) is 4.74 Å². The average molecular weight is 350 g/mol. The number of carbonyl (C=O) groups excluding carboxylic acids is 2. The Labute approximate surface area is 148 Å². The molecule has 0 N–H and O–H groups in total. The van der Waals surface area contributed by atoms with Gasteiger partial charge in [0.2, 0.25) is 0 Å². The van der Waals surface area contributed by atoms with E-state index in [2.05, 4.69) is 11.8 Å². The third-order valence-corrected chi connectivity index (χ3v) is 4.59. The van der Waals surface area contributed by atoms with Gasteiger partial charge in [0.25, 0.3) is 5.91 Å². The van der Waals surface area contributed by atoms with Crippen LogP contribution < -0.4 is 0 Å². The minimum Gasteiger partial charge on any atom is -0.466 e. The zero-order valence-corrected chi connectivity index (χ0v) is 15.0. The van der Waals surface area contributed by atoms with Crippen molar-refractivity contribution in [2.45, 2.75) is 39.2 Å². The molecule has 1 fully saturated rings. The van der Waals surface area contributed by atoms with Crippen molar-refractivity contribution >= 4 is 11.9 Å². The van der Waals surface area contributed by atoms with E-state index in [-0.39, 0.29) is 30.9 Å². The summed E-state index contributed by atoms with van der Waals surface area (Å²) in [5, 5.41) is 0. The first-order valence-electron chi connectivity index (χ1n) is 8.99. The molecule has 0 saturated carbocycles. The maximum Gasteiger partial charge on any atom is 0.307 e. The summed E-state index contributed by atoms with van der Waals surface area (Å²) in [5.41, 5.74) is 0.310. The summed E-state index contributed by atoms with van der Waals surface area (Å²) >= 11 is 0. The maximum absolute atomic E-state index is 13.5. The van der Waals surface area contributed by atoms with E-state index in [1.807, 2.05) is 0 Å². The largest absolute Gasteiger partial charge is 0.466 e. The van der Waals surface area contributed by atoms with E-state index in [0.717, 1.165) is 25.9 Å². The molecule has 1 unspecified atom stereocenters. The van der Waals surface area contributed by atoms with Gasteiger partial charge in [-0.2, -0.15) is 0 Å². The molecule has 138 valence electrons. The third kappa shape index (κ3) is 5.53. The molecule has 6 heteroatoms. The quantitative estimate of drug-likeness (QED) is 0.677. The highest BCUT2D eigenvalue weighted by atomic mass is 19.1. The van der Waals surface area contributed by atoms with Crippen LogP contribution in [0.3, 0.4) is 0 Å². The van der Waals surface area contributed by atoms with Gasteiger partial charge in [0.1, 0.15) is 5.82 Å². The summed E-state index contributed by atoms with van der Waals surface area (Å²) in [5.74, 6) is -1.00. The van der Waals surface area contributed by atoms with Crippen molar-refractivity contribution in [2.24, 2.45) is 0 Å². The van der Waals surface area contributed by atoms with Crippen LogP contribution in [-0.4, -0.2) is 60.5 Å². The second-order valence-corrected chi connectivity index (χ2v) is 6.24. The second kappa shape index (κ2) is 9.51. The minimum absolute atomic E-state index is 0.147. The number of hydrogen-bond donors (Lipinski definition) is 0. The Kier molecular flexibility index (Phi) is 7.37. The molecule has 0 aliphatic carbocycles. The summed E-state index contributed by atoms with van der Waals surface area (Å²) in [6.07, 6.45) is 2.28. The summed E-state index contributed by atoms with van der Waals surface area (Å²) in [7, 11) is 0. The highest BCUT2D eigenvalue weighted by molar-refractivity contribution is 5.94. The Morgan fingerprint density at radius 2 is 2.16 bits per heavy atom. The zero-order chi connectivity index (χ0) is 18.2. The van der Waals surface area contributed by atoms with Crippen LogP contribution in [0.4, 0.5) is 4.39 Å². The molecule has 0 radical (unpaired) electrons. The number of amides is 1. The van der Waals surface area contributed by atoms with Gasteiger partial charge in [0, 0.05) is 24.7 Å². The lowest BCUT2D eigenvalue weighted by molar-refractivity contribution is -0.143. The molecular weight excluding hydrogens is 323 g/mol. The fraction of sp³-hybridized carbons (Fsp3) is 0.579. The number of likely N-dealkylation sites (tertiary alicyclic amines) is 1. The SMILES string of the molecule is CCOC(=O)CCN(CC1CCCN1CC)C(=O)c1cccc(F)c1. The van der Waals surface area contributed by atoms with Crippen LogP contribution >= 0.6 is 0 Å². The third-order valence-electron chi connectivity index (χ3n) is 4.59. The van der Waals surface area contributed by atoms with Crippen LogP contribution in [0.1, 0.15) is 43.5 Å². The van der Waals surface area contributed by atoms with Crippen molar-refractivity contribution in [1.29, 1.82) is 0 Å².